The SMILES string of the molecule is COC(=O)C1=C(c2ccccc2)S[C@@H]2[C@@H]([C@@H](C)O[Si](C)(C)C(C)(C)C)C(=O)N12. The summed E-state index contributed by atoms with van der Waals surface area (Å²) in [5.74, 6) is -0.798. The van der Waals surface area contributed by atoms with E-state index in [0.29, 0.717) is 5.70 Å². The van der Waals surface area contributed by atoms with Crippen LogP contribution in [0.25, 0.3) is 4.91 Å². The lowest BCUT2D eigenvalue weighted by Crippen LogP contribution is -2.62. The Morgan fingerprint density at radius 2 is 1.82 bits per heavy atom. The van der Waals surface area contributed by atoms with Gasteiger partial charge in [0.2, 0.25) is 5.91 Å². The number of rotatable bonds is 5. The van der Waals surface area contributed by atoms with Gasteiger partial charge in [-0.05, 0) is 30.6 Å². The highest BCUT2D eigenvalue weighted by Gasteiger charge is 2.59. The number of nitrogens with zero attached hydrogens (tertiary/aromatic N) is 1. The van der Waals surface area contributed by atoms with Gasteiger partial charge in [0.15, 0.2) is 8.32 Å². The number of hydrogen-bond acceptors (Lipinski definition) is 5. The van der Waals surface area contributed by atoms with Crippen LogP contribution in [0.15, 0.2) is 36.0 Å². The van der Waals surface area contributed by atoms with Crippen LogP contribution in [0.1, 0.15) is 33.3 Å². The maximum atomic E-state index is 13.0. The van der Waals surface area contributed by atoms with Gasteiger partial charge >= 0.3 is 5.97 Å². The number of thioether (sulfide) groups is 1. The molecule has 0 unspecified atom stereocenters. The maximum Gasteiger partial charge on any atom is 0.356 e. The molecular weight excluding hydrogens is 390 g/mol. The number of amides is 1. The fourth-order valence-electron chi connectivity index (χ4n) is 3.37. The zero-order valence-electron chi connectivity index (χ0n) is 17.6. The number of carbonyl (C=O) groups is 2. The summed E-state index contributed by atoms with van der Waals surface area (Å²) in [6.07, 6.45) is -0.198. The summed E-state index contributed by atoms with van der Waals surface area (Å²) in [6, 6.07) is 9.68. The van der Waals surface area contributed by atoms with Crippen molar-refractivity contribution in [3.8, 4) is 0 Å². The highest BCUT2D eigenvalue weighted by atomic mass is 32.2. The van der Waals surface area contributed by atoms with Crippen molar-refractivity contribution in [1.29, 1.82) is 0 Å². The van der Waals surface area contributed by atoms with Crippen molar-refractivity contribution in [3.05, 3.63) is 41.6 Å². The molecule has 1 fully saturated rings. The molecule has 1 amide bonds. The fourth-order valence-corrected chi connectivity index (χ4v) is 6.40. The molecule has 0 aliphatic carbocycles. The molecule has 0 aromatic heterocycles. The largest absolute Gasteiger partial charge is 0.464 e. The minimum atomic E-state index is -2.00. The second-order valence-corrected chi connectivity index (χ2v) is 14.7. The predicted molar refractivity (Wildman–Crippen MR) is 115 cm³/mol. The Morgan fingerprint density at radius 1 is 1.21 bits per heavy atom. The van der Waals surface area contributed by atoms with Crippen LogP contribution in [0, 0.1) is 5.92 Å². The molecule has 0 saturated carbocycles. The average molecular weight is 420 g/mol. The van der Waals surface area contributed by atoms with E-state index in [9.17, 15) is 9.59 Å². The van der Waals surface area contributed by atoms with E-state index in [1.807, 2.05) is 37.3 Å². The molecule has 1 aromatic carbocycles. The summed E-state index contributed by atoms with van der Waals surface area (Å²) in [7, 11) is -0.650. The van der Waals surface area contributed by atoms with Gasteiger partial charge in [-0.1, -0.05) is 62.9 Å². The lowest BCUT2D eigenvalue weighted by molar-refractivity contribution is -0.156. The molecule has 3 rings (SSSR count). The third-order valence-electron chi connectivity index (χ3n) is 5.99. The smallest absolute Gasteiger partial charge is 0.356 e. The second kappa shape index (κ2) is 7.35. The monoisotopic (exact) mass is 419 g/mol. The normalized spacial score (nSPS) is 23.4. The van der Waals surface area contributed by atoms with Gasteiger partial charge in [-0.15, -0.1) is 0 Å². The molecule has 5 nitrogen and oxygen atoms in total. The summed E-state index contributed by atoms with van der Waals surface area (Å²) in [5.41, 5.74) is 1.27. The Labute approximate surface area is 172 Å². The molecule has 3 atom stereocenters. The number of esters is 1. The van der Waals surface area contributed by atoms with Crippen molar-refractivity contribution in [3.63, 3.8) is 0 Å². The number of hydrogen-bond donors (Lipinski definition) is 0. The van der Waals surface area contributed by atoms with Gasteiger partial charge in [-0.25, -0.2) is 4.79 Å². The zero-order valence-corrected chi connectivity index (χ0v) is 19.4. The molecule has 2 heterocycles. The Hall–Kier alpha value is -1.57. The van der Waals surface area contributed by atoms with E-state index in [1.165, 1.54) is 7.11 Å². The molecule has 0 spiro atoms. The van der Waals surface area contributed by atoms with Gasteiger partial charge in [0, 0.05) is 4.91 Å². The Kier molecular flexibility index (Phi) is 5.55. The second-order valence-electron chi connectivity index (χ2n) is 8.86. The third-order valence-corrected chi connectivity index (χ3v) is 12.0. The molecule has 1 aromatic rings. The van der Waals surface area contributed by atoms with Gasteiger partial charge in [-0.3, -0.25) is 9.69 Å². The fraction of sp³-hybridized carbons (Fsp3) is 0.524. The molecule has 0 radical (unpaired) electrons. The summed E-state index contributed by atoms with van der Waals surface area (Å²) < 4.78 is 11.5. The van der Waals surface area contributed by atoms with Crippen molar-refractivity contribution in [2.45, 2.75) is 57.3 Å². The minimum Gasteiger partial charge on any atom is -0.464 e. The lowest BCUT2D eigenvalue weighted by atomic mass is 9.92. The topological polar surface area (TPSA) is 55.8 Å². The molecule has 7 heteroatoms. The molecule has 0 N–H and O–H groups in total. The van der Waals surface area contributed by atoms with Crippen LogP contribution in [0.2, 0.25) is 18.1 Å². The Balaban J connectivity index is 1.87. The van der Waals surface area contributed by atoms with Gasteiger partial charge < -0.3 is 9.16 Å². The van der Waals surface area contributed by atoms with Crippen LogP contribution in [-0.2, 0) is 18.8 Å². The molecule has 2 aliphatic heterocycles. The quantitative estimate of drug-likeness (QED) is 0.400. The zero-order chi connectivity index (χ0) is 20.9. The van der Waals surface area contributed by atoms with E-state index in [-0.39, 0.29) is 28.3 Å². The van der Waals surface area contributed by atoms with Crippen molar-refractivity contribution in [2.24, 2.45) is 5.92 Å². The molecule has 152 valence electrons. The average Bonchev–Trinajstić information content (AvgIpc) is 2.95. The van der Waals surface area contributed by atoms with Gasteiger partial charge in [0.1, 0.15) is 11.1 Å². The van der Waals surface area contributed by atoms with Crippen molar-refractivity contribution in [2.75, 3.05) is 7.11 Å². The number of fused-ring (bicyclic) bond motifs is 1. The first-order valence-electron chi connectivity index (χ1n) is 9.55. The molecule has 2 aliphatic rings. The highest BCUT2D eigenvalue weighted by molar-refractivity contribution is 8.09. The summed E-state index contributed by atoms with van der Waals surface area (Å²) >= 11 is 1.56. The molecule has 0 bridgehead atoms. The van der Waals surface area contributed by atoms with Crippen LogP contribution in [-0.4, -0.2) is 43.7 Å². The van der Waals surface area contributed by atoms with Crippen LogP contribution in [0.3, 0.4) is 0 Å². The van der Waals surface area contributed by atoms with E-state index in [4.69, 9.17) is 9.16 Å². The summed E-state index contributed by atoms with van der Waals surface area (Å²) in [4.78, 5) is 27.9. The number of carbonyl (C=O) groups excluding carboxylic acids is 2. The summed E-state index contributed by atoms with van der Waals surface area (Å²) in [5, 5.41) is -0.0576. The van der Waals surface area contributed by atoms with Crippen LogP contribution in [0.4, 0.5) is 0 Å². The number of methoxy groups -OCH3 is 1. The first-order chi connectivity index (χ1) is 13.0. The van der Waals surface area contributed by atoms with Crippen molar-refractivity contribution in [1.82, 2.24) is 4.90 Å². The van der Waals surface area contributed by atoms with E-state index in [2.05, 4.69) is 33.9 Å². The lowest BCUT2D eigenvalue weighted by Gasteiger charge is -2.48. The first-order valence-corrected chi connectivity index (χ1v) is 13.3. The predicted octanol–water partition coefficient (Wildman–Crippen LogP) is 4.47. The Bertz CT molecular complexity index is 815. The van der Waals surface area contributed by atoms with Crippen molar-refractivity contribution >= 4 is 36.9 Å². The molecule has 1 saturated heterocycles. The van der Waals surface area contributed by atoms with Crippen LogP contribution >= 0.6 is 11.8 Å². The van der Waals surface area contributed by atoms with E-state index in [0.717, 1.165) is 10.5 Å². The number of ether oxygens (including phenoxy) is 1. The van der Waals surface area contributed by atoms with E-state index < -0.39 is 14.3 Å². The van der Waals surface area contributed by atoms with Gasteiger partial charge in [0.05, 0.1) is 19.1 Å². The number of β-lactam (4-membered cyclic amide) rings is 1. The molecular formula is C21H29NO4SSi. The maximum absolute atomic E-state index is 13.0. The van der Waals surface area contributed by atoms with Crippen molar-refractivity contribution < 1.29 is 18.8 Å². The van der Waals surface area contributed by atoms with E-state index in [1.54, 1.807) is 16.7 Å². The number of benzene rings is 1. The van der Waals surface area contributed by atoms with Crippen LogP contribution in [0.5, 0.6) is 0 Å². The standard InChI is InChI=1S/C21H29NO4SSi/c1-13(26-28(6,7)21(2,3)4)15-18(23)22-16(20(24)25-5)17(27-19(15)22)14-11-9-8-10-12-14/h8-13,15,19H,1-7H3/t13-,15+,19-/m1/s1. The van der Waals surface area contributed by atoms with Crippen LogP contribution < -0.4 is 0 Å². The van der Waals surface area contributed by atoms with E-state index >= 15 is 0 Å². The minimum absolute atomic E-state index is 0.0601. The first kappa shape index (κ1) is 21.1. The van der Waals surface area contributed by atoms with Gasteiger partial charge in [-0.2, -0.15) is 0 Å². The Morgan fingerprint density at radius 3 is 2.36 bits per heavy atom. The highest BCUT2D eigenvalue weighted by Crippen LogP contribution is 2.54. The van der Waals surface area contributed by atoms with Gasteiger partial charge in [0.25, 0.3) is 0 Å². The third kappa shape index (κ3) is 3.44. The molecule has 28 heavy (non-hydrogen) atoms. The summed E-state index contributed by atoms with van der Waals surface area (Å²) in [6.45, 7) is 12.9.